The number of aromatic amines is 1. The number of rotatable bonds is 5. The van der Waals surface area contributed by atoms with Crippen molar-refractivity contribution in [2.45, 2.75) is 26.2 Å². The summed E-state index contributed by atoms with van der Waals surface area (Å²) < 4.78 is 5.63. The molecule has 0 aliphatic rings. The topological polar surface area (TPSA) is 67.0 Å². The Morgan fingerprint density at radius 1 is 1.00 bits per heavy atom. The van der Waals surface area contributed by atoms with Crippen molar-refractivity contribution in [1.82, 2.24) is 9.97 Å². The second-order valence-corrected chi connectivity index (χ2v) is 8.29. The molecule has 0 atom stereocenters. The summed E-state index contributed by atoms with van der Waals surface area (Å²) in [6.07, 6.45) is 0. The number of benzene rings is 3. The van der Waals surface area contributed by atoms with Gasteiger partial charge >= 0.3 is 0 Å². The van der Waals surface area contributed by atoms with Crippen LogP contribution in [0, 0.1) is 0 Å². The average Bonchev–Trinajstić information content (AvgIpc) is 3.16. The molecule has 0 radical (unpaired) electrons. The van der Waals surface area contributed by atoms with E-state index in [9.17, 15) is 4.79 Å². The quantitative estimate of drug-likeness (QED) is 0.463. The average molecular weight is 399 g/mol. The van der Waals surface area contributed by atoms with Crippen LogP contribution in [0.1, 0.15) is 26.3 Å². The summed E-state index contributed by atoms with van der Waals surface area (Å²) in [7, 11) is 0. The molecule has 0 bridgehead atoms. The Balaban J connectivity index is 1.39. The molecule has 0 fully saturated rings. The molecule has 0 saturated heterocycles. The summed E-state index contributed by atoms with van der Waals surface area (Å²) in [5.41, 5.74) is 4.80. The SMILES string of the molecule is CC(C)(C)c1ccc(OCC(=O)Nc2cccc(-c3nc4ccccc4[nH]3)c2)cc1. The molecule has 0 aliphatic heterocycles. The Morgan fingerprint density at radius 2 is 1.77 bits per heavy atom. The molecule has 1 amide bonds. The predicted molar refractivity (Wildman–Crippen MR) is 121 cm³/mol. The van der Waals surface area contributed by atoms with E-state index in [4.69, 9.17) is 4.74 Å². The van der Waals surface area contributed by atoms with Gasteiger partial charge in [0.15, 0.2) is 6.61 Å². The number of para-hydroxylation sites is 2. The van der Waals surface area contributed by atoms with Gasteiger partial charge in [-0.25, -0.2) is 4.98 Å². The zero-order valence-electron chi connectivity index (χ0n) is 17.4. The van der Waals surface area contributed by atoms with E-state index in [-0.39, 0.29) is 17.9 Å². The molecule has 152 valence electrons. The molecule has 30 heavy (non-hydrogen) atoms. The first-order valence-corrected chi connectivity index (χ1v) is 9.97. The Hall–Kier alpha value is -3.60. The van der Waals surface area contributed by atoms with E-state index in [0.29, 0.717) is 11.4 Å². The number of hydrogen-bond donors (Lipinski definition) is 2. The van der Waals surface area contributed by atoms with Crippen molar-refractivity contribution >= 4 is 22.6 Å². The number of nitrogens with one attached hydrogen (secondary N) is 2. The molecule has 1 aromatic heterocycles. The van der Waals surface area contributed by atoms with Crippen LogP contribution in [0.15, 0.2) is 72.8 Å². The Morgan fingerprint density at radius 3 is 2.50 bits per heavy atom. The first-order chi connectivity index (χ1) is 14.4. The summed E-state index contributed by atoms with van der Waals surface area (Å²) in [6.45, 7) is 6.44. The summed E-state index contributed by atoms with van der Waals surface area (Å²) in [5, 5.41) is 2.89. The minimum atomic E-state index is -0.211. The number of nitrogens with zero attached hydrogens (tertiary/aromatic N) is 1. The van der Waals surface area contributed by atoms with Gasteiger partial charge in [-0.05, 0) is 47.4 Å². The van der Waals surface area contributed by atoms with Crippen LogP contribution in [-0.4, -0.2) is 22.5 Å². The van der Waals surface area contributed by atoms with Gasteiger partial charge in [-0.1, -0.05) is 57.2 Å². The van der Waals surface area contributed by atoms with E-state index in [2.05, 4.69) is 36.1 Å². The maximum atomic E-state index is 12.3. The highest BCUT2D eigenvalue weighted by molar-refractivity contribution is 5.92. The van der Waals surface area contributed by atoms with E-state index in [1.54, 1.807) is 0 Å². The van der Waals surface area contributed by atoms with Crippen molar-refractivity contribution in [2.24, 2.45) is 0 Å². The van der Waals surface area contributed by atoms with Gasteiger partial charge in [0.2, 0.25) is 0 Å². The number of amides is 1. The summed E-state index contributed by atoms with van der Waals surface area (Å²) in [6, 6.07) is 23.3. The normalized spacial score (nSPS) is 11.4. The van der Waals surface area contributed by atoms with Gasteiger partial charge in [-0.2, -0.15) is 0 Å². The second kappa shape index (κ2) is 8.03. The van der Waals surface area contributed by atoms with Crippen LogP contribution in [0.25, 0.3) is 22.4 Å². The van der Waals surface area contributed by atoms with Gasteiger partial charge in [0.05, 0.1) is 11.0 Å². The maximum absolute atomic E-state index is 12.3. The smallest absolute Gasteiger partial charge is 0.262 e. The fourth-order valence-electron chi connectivity index (χ4n) is 3.23. The first kappa shape index (κ1) is 19.7. The van der Waals surface area contributed by atoms with Crippen molar-refractivity contribution in [1.29, 1.82) is 0 Å². The Labute approximate surface area is 176 Å². The molecule has 0 unspecified atom stereocenters. The Bertz CT molecular complexity index is 1140. The zero-order valence-corrected chi connectivity index (χ0v) is 17.4. The first-order valence-electron chi connectivity index (χ1n) is 9.97. The fraction of sp³-hybridized carbons (Fsp3) is 0.200. The number of imidazole rings is 1. The summed E-state index contributed by atoms with van der Waals surface area (Å²) in [5.74, 6) is 1.23. The number of carbonyl (C=O) groups is 1. The molecular weight excluding hydrogens is 374 g/mol. The highest BCUT2D eigenvalue weighted by Gasteiger charge is 2.13. The molecule has 0 spiro atoms. The molecule has 3 aromatic carbocycles. The lowest BCUT2D eigenvalue weighted by Crippen LogP contribution is -2.20. The number of carbonyl (C=O) groups excluding carboxylic acids is 1. The van der Waals surface area contributed by atoms with Crippen LogP contribution in [-0.2, 0) is 10.2 Å². The lowest BCUT2D eigenvalue weighted by Gasteiger charge is -2.19. The second-order valence-electron chi connectivity index (χ2n) is 8.29. The number of aromatic nitrogens is 2. The third-order valence-corrected chi connectivity index (χ3v) is 4.90. The van der Waals surface area contributed by atoms with Crippen LogP contribution in [0.2, 0.25) is 0 Å². The number of hydrogen-bond acceptors (Lipinski definition) is 3. The zero-order chi connectivity index (χ0) is 21.1. The number of fused-ring (bicyclic) bond motifs is 1. The van der Waals surface area contributed by atoms with Crippen molar-refractivity contribution in [2.75, 3.05) is 11.9 Å². The fourth-order valence-corrected chi connectivity index (χ4v) is 3.23. The largest absolute Gasteiger partial charge is 0.484 e. The lowest BCUT2D eigenvalue weighted by atomic mass is 9.87. The molecule has 5 nitrogen and oxygen atoms in total. The number of H-pyrrole nitrogens is 1. The van der Waals surface area contributed by atoms with Crippen molar-refractivity contribution < 1.29 is 9.53 Å². The lowest BCUT2D eigenvalue weighted by molar-refractivity contribution is -0.118. The third kappa shape index (κ3) is 4.51. The molecule has 5 heteroatoms. The van der Waals surface area contributed by atoms with E-state index < -0.39 is 0 Å². The molecule has 4 rings (SSSR count). The number of anilines is 1. The summed E-state index contributed by atoms with van der Waals surface area (Å²) in [4.78, 5) is 20.3. The minimum absolute atomic E-state index is 0.0519. The highest BCUT2D eigenvalue weighted by atomic mass is 16.5. The van der Waals surface area contributed by atoms with Crippen molar-refractivity contribution in [3.63, 3.8) is 0 Å². The Kier molecular flexibility index (Phi) is 5.27. The van der Waals surface area contributed by atoms with Crippen LogP contribution in [0.4, 0.5) is 5.69 Å². The maximum Gasteiger partial charge on any atom is 0.262 e. The van der Waals surface area contributed by atoms with Gasteiger partial charge in [0.25, 0.3) is 5.91 Å². The van der Waals surface area contributed by atoms with E-state index in [1.165, 1.54) is 5.56 Å². The summed E-state index contributed by atoms with van der Waals surface area (Å²) >= 11 is 0. The minimum Gasteiger partial charge on any atom is -0.484 e. The third-order valence-electron chi connectivity index (χ3n) is 4.90. The van der Waals surface area contributed by atoms with Crippen LogP contribution < -0.4 is 10.1 Å². The van der Waals surface area contributed by atoms with Crippen LogP contribution in [0.5, 0.6) is 5.75 Å². The molecule has 0 aliphatic carbocycles. The van der Waals surface area contributed by atoms with Gasteiger partial charge in [-0.15, -0.1) is 0 Å². The van der Waals surface area contributed by atoms with E-state index in [1.807, 2.05) is 72.8 Å². The van der Waals surface area contributed by atoms with Crippen molar-refractivity contribution in [3.8, 4) is 17.1 Å². The highest BCUT2D eigenvalue weighted by Crippen LogP contribution is 2.25. The predicted octanol–water partition coefficient (Wildman–Crippen LogP) is 5.54. The van der Waals surface area contributed by atoms with Gasteiger partial charge < -0.3 is 15.0 Å². The van der Waals surface area contributed by atoms with Crippen LogP contribution in [0.3, 0.4) is 0 Å². The van der Waals surface area contributed by atoms with Gasteiger partial charge in [0.1, 0.15) is 11.6 Å². The molecular formula is C25H25N3O2. The van der Waals surface area contributed by atoms with Gasteiger partial charge in [0, 0.05) is 11.3 Å². The van der Waals surface area contributed by atoms with E-state index >= 15 is 0 Å². The standard InChI is InChI=1S/C25H25N3O2/c1-25(2,3)18-11-13-20(14-12-18)30-16-23(29)26-19-8-6-7-17(15-19)24-27-21-9-4-5-10-22(21)28-24/h4-15H,16H2,1-3H3,(H,26,29)(H,27,28). The number of ether oxygens (including phenoxy) is 1. The van der Waals surface area contributed by atoms with Gasteiger partial charge in [-0.3, -0.25) is 4.79 Å². The van der Waals surface area contributed by atoms with Crippen molar-refractivity contribution in [3.05, 3.63) is 78.4 Å². The molecule has 0 saturated carbocycles. The molecule has 2 N–H and O–H groups in total. The molecule has 1 heterocycles. The van der Waals surface area contributed by atoms with E-state index in [0.717, 1.165) is 22.4 Å². The monoisotopic (exact) mass is 399 g/mol. The molecule has 4 aromatic rings. The van der Waals surface area contributed by atoms with Crippen LogP contribution >= 0.6 is 0 Å².